The molecule has 22 heavy (non-hydrogen) atoms. The Bertz CT molecular complexity index is 744. The van der Waals surface area contributed by atoms with Crippen molar-refractivity contribution in [2.75, 3.05) is 10.6 Å². The summed E-state index contributed by atoms with van der Waals surface area (Å²) in [5.41, 5.74) is 2.58. The third kappa shape index (κ3) is 3.85. The minimum absolute atomic E-state index is 0.0942. The number of halogens is 1. The number of carbonyl (C=O) groups is 2. The summed E-state index contributed by atoms with van der Waals surface area (Å²) in [5, 5.41) is 14.6. The molecule has 5 nitrogen and oxygen atoms in total. The highest BCUT2D eigenvalue weighted by Crippen LogP contribution is 2.25. The number of aryl methyl sites for hydroxylation is 2. The van der Waals surface area contributed by atoms with Gasteiger partial charge >= 0.3 is 11.8 Å². The predicted molar refractivity (Wildman–Crippen MR) is 89.0 cm³/mol. The van der Waals surface area contributed by atoms with Crippen molar-refractivity contribution in [1.82, 2.24) is 0 Å². The fourth-order valence-electron chi connectivity index (χ4n) is 1.83. The van der Waals surface area contributed by atoms with E-state index in [4.69, 9.17) is 0 Å². The quantitative estimate of drug-likeness (QED) is 0.566. The molecule has 0 aliphatic rings. The molecule has 0 unspecified atom stereocenters. The Morgan fingerprint density at radius 1 is 0.909 bits per heavy atom. The molecule has 0 aliphatic carbocycles. The van der Waals surface area contributed by atoms with Gasteiger partial charge in [-0.1, -0.05) is 12.1 Å². The largest absolute Gasteiger partial charge is 0.506 e. The molecule has 6 heteroatoms. The monoisotopic (exact) mass is 362 g/mol. The topological polar surface area (TPSA) is 78.4 Å². The molecule has 0 saturated carbocycles. The molecule has 0 heterocycles. The zero-order valence-corrected chi connectivity index (χ0v) is 13.7. The number of phenolic OH excluding ortho intramolecular Hbond substituents is 1. The molecule has 3 N–H and O–H groups in total. The lowest BCUT2D eigenvalue weighted by atomic mass is 10.2. The van der Waals surface area contributed by atoms with Crippen molar-refractivity contribution >= 4 is 39.1 Å². The molecule has 0 saturated heterocycles. The Morgan fingerprint density at radius 3 is 2.09 bits per heavy atom. The molecular formula is C16H15BrN2O3. The summed E-state index contributed by atoms with van der Waals surface area (Å²) in [6, 6.07) is 10.1. The average Bonchev–Trinajstić information content (AvgIpc) is 2.45. The van der Waals surface area contributed by atoms with Crippen molar-refractivity contribution in [1.29, 1.82) is 0 Å². The van der Waals surface area contributed by atoms with Gasteiger partial charge in [-0.05, 0) is 65.2 Å². The lowest BCUT2D eigenvalue weighted by Gasteiger charge is -2.10. The molecule has 0 aromatic heterocycles. The lowest BCUT2D eigenvalue weighted by Crippen LogP contribution is -2.29. The minimum Gasteiger partial charge on any atom is -0.506 e. The van der Waals surface area contributed by atoms with Gasteiger partial charge in [0.05, 0.1) is 11.4 Å². The van der Waals surface area contributed by atoms with Crippen LogP contribution in [0.5, 0.6) is 5.75 Å². The molecular weight excluding hydrogens is 348 g/mol. The van der Waals surface area contributed by atoms with Crippen LogP contribution in [-0.2, 0) is 9.59 Å². The number of hydrogen-bond acceptors (Lipinski definition) is 3. The van der Waals surface area contributed by atoms with E-state index in [0.717, 1.165) is 11.1 Å². The molecule has 0 aliphatic heterocycles. The van der Waals surface area contributed by atoms with Crippen LogP contribution >= 0.6 is 15.9 Å². The van der Waals surface area contributed by atoms with Crippen LogP contribution in [-0.4, -0.2) is 16.9 Å². The third-order valence-electron chi connectivity index (χ3n) is 2.98. The number of rotatable bonds is 2. The SMILES string of the molecule is Cc1ccc(NC(=O)C(=O)Nc2cc(C)ccc2O)c(Br)c1. The first kappa shape index (κ1) is 16.0. The first-order valence-corrected chi connectivity index (χ1v) is 7.34. The Morgan fingerprint density at radius 2 is 1.45 bits per heavy atom. The number of aromatic hydroxyl groups is 1. The summed E-state index contributed by atoms with van der Waals surface area (Å²) in [6.45, 7) is 3.74. The van der Waals surface area contributed by atoms with Gasteiger partial charge in [0.1, 0.15) is 5.75 Å². The number of phenols is 1. The molecule has 2 amide bonds. The van der Waals surface area contributed by atoms with Gasteiger partial charge in [-0.2, -0.15) is 0 Å². The van der Waals surface area contributed by atoms with Gasteiger partial charge in [0.15, 0.2) is 0 Å². The summed E-state index contributed by atoms with van der Waals surface area (Å²) < 4.78 is 0.687. The van der Waals surface area contributed by atoms with Crippen LogP contribution in [0.1, 0.15) is 11.1 Å². The van der Waals surface area contributed by atoms with Crippen LogP contribution in [0.15, 0.2) is 40.9 Å². The van der Waals surface area contributed by atoms with Gasteiger partial charge < -0.3 is 15.7 Å². The Hall–Kier alpha value is -2.34. The standard InChI is InChI=1S/C16H15BrN2O3/c1-9-3-5-12(11(17)7-9)18-15(21)16(22)19-13-8-10(2)4-6-14(13)20/h3-8,20H,1-2H3,(H,18,21)(H,19,22). The predicted octanol–water partition coefficient (Wildman–Crippen LogP) is 3.35. The van der Waals surface area contributed by atoms with Gasteiger partial charge in [0.25, 0.3) is 0 Å². The number of anilines is 2. The second kappa shape index (κ2) is 6.62. The van der Waals surface area contributed by atoms with Crippen LogP contribution in [0.4, 0.5) is 11.4 Å². The van der Waals surface area contributed by atoms with E-state index in [1.54, 1.807) is 18.2 Å². The van der Waals surface area contributed by atoms with E-state index in [1.807, 2.05) is 26.0 Å². The van der Waals surface area contributed by atoms with Gasteiger partial charge in [0.2, 0.25) is 0 Å². The van der Waals surface area contributed by atoms with Crippen molar-refractivity contribution in [2.45, 2.75) is 13.8 Å². The lowest BCUT2D eigenvalue weighted by molar-refractivity contribution is -0.133. The van der Waals surface area contributed by atoms with Crippen LogP contribution in [0.3, 0.4) is 0 Å². The molecule has 2 rings (SSSR count). The van der Waals surface area contributed by atoms with Gasteiger partial charge in [-0.25, -0.2) is 0 Å². The molecule has 2 aromatic carbocycles. The van der Waals surface area contributed by atoms with Gasteiger partial charge in [0, 0.05) is 4.47 Å². The molecule has 0 radical (unpaired) electrons. The van der Waals surface area contributed by atoms with Crippen LogP contribution in [0.2, 0.25) is 0 Å². The highest BCUT2D eigenvalue weighted by molar-refractivity contribution is 9.10. The Kier molecular flexibility index (Phi) is 4.82. The maximum absolute atomic E-state index is 11.9. The third-order valence-corrected chi connectivity index (χ3v) is 3.64. The zero-order chi connectivity index (χ0) is 16.3. The molecule has 114 valence electrons. The molecule has 0 bridgehead atoms. The first-order chi connectivity index (χ1) is 10.4. The zero-order valence-electron chi connectivity index (χ0n) is 12.1. The normalized spacial score (nSPS) is 10.1. The first-order valence-electron chi connectivity index (χ1n) is 6.55. The summed E-state index contributed by atoms with van der Waals surface area (Å²) >= 11 is 3.33. The minimum atomic E-state index is -0.853. The van der Waals surface area contributed by atoms with Crippen molar-refractivity contribution in [3.05, 3.63) is 52.0 Å². The maximum Gasteiger partial charge on any atom is 0.314 e. The van der Waals surface area contributed by atoms with Crippen LogP contribution in [0.25, 0.3) is 0 Å². The summed E-state index contributed by atoms with van der Waals surface area (Å²) in [5.74, 6) is -1.76. The second-order valence-corrected chi connectivity index (χ2v) is 5.77. The highest BCUT2D eigenvalue weighted by Gasteiger charge is 2.16. The number of benzene rings is 2. The van der Waals surface area contributed by atoms with Gasteiger partial charge in [-0.3, -0.25) is 9.59 Å². The van der Waals surface area contributed by atoms with E-state index < -0.39 is 11.8 Å². The molecule has 0 atom stereocenters. The summed E-state index contributed by atoms with van der Waals surface area (Å²) in [7, 11) is 0. The summed E-state index contributed by atoms with van der Waals surface area (Å²) in [4.78, 5) is 23.8. The van der Waals surface area contributed by atoms with Gasteiger partial charge in [-0.15, -0.1) is 0 Å². The van der Waals surface area contributed by atoms with Crippen molar-refractivity contribution in [3.63, 3.8) is 0 Å². The fraction of sp³-hybridized carbons (Fsp3) is 0.125. The van der Waals surface area contributed by atoms with E-state index in [2.05, 4.69) is 26.6 Å². The van der Waals surface area contributed by atoms with E-state index >= 15 is 0 Å². The smallest absolute Gasteiger partial charge is 0.314 e. The Balaban J connectivity index is 2.09. The number of nitrogens with one attached hydrogen (secondary N) is 2. The van der Waals surface area contributed by atoms with E-state index in [-0.39, 0.29) is 11.4 Å². The van der Waals surface area contributed by atoms with Crippen LogP contribution < -0.4 is 10.6 Å². The van der Waals surface area contributed by atoms with E-state index in [9.17, 15) is 14.7 Å². The van der Waals surface area contributed by atoms with Crippen LogP contribution in [0, 0.1) is 13.8 Å². The number of amides is 2. The molecule has 0 spiro atoms. The molecule has 2 aromatic rings. The van der Waals surface area contributed by atoms with Crippen molar-refractivity contribution < 1.29 is 14.7 Å². The molecule has 0 fully saturated rings. The highest BCUT2D eigenvalue weighted by atomic mass is 79.9. The average molecular weight is 363 g/mol. The summed E-state index contributed by atoms with van der Waals surface area (Å²) in [6.07, 6.45) is 0. The second-order valence-electron chi connectivity index (χ2n) is 4.91. The number of hydrogen-bond donors (Lipinski definition) is 3. The Labute approximate surface area is 136 Å². The maximum atomic E-state index is 11.9. The van der Waals surface area contributed by atoms with Crippen molar-refractivity contribution in [3.8, 4) is 5.75 Å². The van der Waals surface area contributed by atoms with E-state index in [1.165, 1.54) is 6.07 Å². The van der Waals surface area contributed by atoms with E-state index in [0.29, 0.717) is 10.2 Å². The van der Waals surface area contributed by atoms with Crippen molar-refractivity contribution in [2.24, 2.45) is 0 Å². The fourth-order valence-corrected chi connectivity index (χ4v) is 2.42. The number of carbonyl (C=O) groups excluding carboxylic acids is 2.